The molecule has 2 aliphatic rings. The third-order valence-corrected chi connectivity index (χ3v) is 3.82. The van der Waals surface area contributed by atoms with Crippen LogP contribution in [0.1, 0.15) is 26.3 Å². The maximum Gasteiger partial charge on any atom is 0.163 e. The summed E-state index contributed by atoms with van der Waals surface area (Å²) in [4.78, 5) is 0. The van der Waals surface area contributed by atoms with Crippen molar-refractivity contribution in [1.82, 2.24) is 0 Å². The SMILES string of the molecule is COc1ccc2c(c1)O[C@H]([C@]1(C)COC(C)(C)O1)C2. The van der Waals surface area contributed by atoms with E-state index in [0.717, 1.165) is 17.9 Å². The fraction of sp³-hybridized carbons (Fsp3) is 0.600. The van der Waals surface area contributed by atoms with Gasteiger partial charge in [-0.05, 0) is 32.4 Å². The molecule has 2 heterocycles. The fourth-order valence-corrected chi connectivity index (χ4v) is 2.77. The topological polar surface area (TPSA) is 36.9 Å². The molecule has 0 bridgehead atoms. The molecule has 4 heteroatoms. The highest BCUT2D eigenvalue weighted by molar-refractivity contribution is 5.44. The molecule has 1 aromatic carbocycles. The zero-order chi connectivity index (χ0) is 13.7. The van der Waals surface area contributed by atoms with Gasteiger partial charge in [-0.1, -0.05) is 6.07 Å². The standard InChI is InChI=1S/C15H20O4/c1-14(2)17-9-15(3,19-14)13-7-10-5-6-11(16-4)8-12(10)18-13/h5-6,8,13H,7,9H2,1-4H3/t13-,15-/m0/s1. The van der Waals surface area contributed by atoms with E-state index in [-0.39, 0.29) is 6.10 Å². The first kappa shape index (κ1) is 12.8. The summed E-state index contributed by atoms with van der Waals surface area (Å²) in [6.07, 6.45) is 0.825. The lowest BCUT2D eigenvalue weighted by molar-refractivity contribution is -0.173. The van der Waals surface area contributed by atoms with Crippen molar-refractivity contribution >= 4 is 0 Å². The summed E-state index contributed by atoms with van der Waals surface area (Å²) in [6, 6.07) is 5.95. The van der Waals surface area contributed by atoms with Gasteiger partial charge < -0.3 is 18.9 Å². The number of benzene rings is 1. The first-order valence-corrected chi connectivity index (χ1v) is 6.60. The van der Waals surface area contributed by atoms with Crippen LogP contribution in [-0.4, -0.2) is 31.2 Å². The van der Waals surface area contributed by atoms with E-state index in [1.807, 2.05) is 26.0 Å². The maximum absolute atomic E-state index is 6.04. The molecule has 2 aliphatic heterocycles. The Bertz CT molecular complexity index is 497. The van der Waals surface area contributed by atoms with E-state index < -0.39 is 11.4 Å². The van der Waals surface area contributed by atoms with Crippen LogP contribution in [0.25, 0.3) is 0 Å². The van der Waals surface area contributed by atoms with Crippen LogP contribution in [-0.2, 0) is 15.9 Å². The highest BCUT2D eigenvalue weighted by Crippen LogP contribution is 2.41. The number of fused-ring (bicyclic) bond motifs is 1. The molecule has 0 unspecified atom stereocenters. The molecule has 1 aromatic rings. The van der Waals surface area contributed by atoms with Crippen LogP contribution in [0.5, 0.6) is 11.5 Å². The Morgan fingerprint density at radius 1 is 1.26 bits per heavy atom. The van der Waals surface area contributed by atoms with Gasteiger partial charge in [-0.25, -0.2) is 0 Å². The molecule has 1 saturated heterocycles. The summed E-state index contributed by atoms with van der Waals surface area (Å²) in [5.74, 6) is 1.16. The fourth-order valence-electron chi connectivity index (χ4n) is 2.77. The molecule has 2 atom stereocenters. The van der Waals surface area contributed by atoms with Gasteiger partial charge in [-0.2, -0.15) is 0 Å². The van der Waals surface area contributed by atoms with Gasteiger partial charge in [0, 0.05) is 12.5 Å². The molecule has 4 nitrogen and oxygen atoms in total. The minimum Gasteiger partial charge on any atom is -0.497 e. The zero-order valence-electron chi connectivity index (χ0n) is 11.9. The molecule has 0 saturated carbocycles. The third-order valence-electron chi connectivity index (χ3n) is 3.82. The summed E-state index contributed by atoms with van der Waals surface area (Å²) in [7, 11) is 1.66. The van der Waals surface area contributed by atoms with E-state index in [9.17, 15) is 0 Å². The van der Waals surface area contributed by atoms with Crippen LogP contribution in [0, 0.1) is 0 Å². The lowest BCUT2D eigenvalue weighted by Gasteiger charge is -2.30. The number of hydrogen-bond donors (Lipinski definition) is 0. The summed E-state index contributed by atoms with van der Waals surface area (Å²) in [5, 5.41) is 0. The smallest absolute Gasteiger partial charge is 0.163 e. The molecule has 0 aliphatic carbocycles. The van der Waals surface area contributed by atoms with Gasteiger partial charge in [0.1, 0.15) is 23.2 Å². The van der Waals surface area contributed by atoms with Gasteiger partial charge >= 0.3 is 0 Å². The number of ether oxygens (including phenoxy) is 4. The van der Waals surface area contributed by atoms with Crippen LogP contribution in [0.2, 0.25) is 0 Å². The molecule has 19 heavy (non-hydrogen) atoms. The zero-order valence-corrected chi connectivity index (χ0v) is 11.9. The Hall–Kier alpha value is -1.26. The van der Waals surface area contributed by atoms with Crippen molar-refractivity contribution < 1.29 is 18.9 Å². The average molecular weight is 264 g/mol. The predicted octanol–water partition coefficient (Wildman–Crippen LogP) is 2.54. The number of hydrogen-bond acceptors (Lipinski definition) is 4. The average Bonchev–Trinajstić information content (AvgIpc) is 2.90. The van der Waals surface area contributed by atoms with Crippen LogP contribution < -0.4 is 9.47 Å². The van der Waals surface area contributed by atoms with E-state index in [0.29, 0.717) is 6.61 Å². The van der Waals surface area contributed by atoms with Crippen LogP contribution >= 0.6 is 0 Å². The van der Waals surface area contributed by atoms with Gasteiger partial charge in [0.15, 0.2) is 5.79 Å². The largest absolute Gasteiger partial charge is 0.497 e. The minimum absolute atomic E-state index is 0.0172. The van der Waals surface area contributed by atoms with Crippen LogP contribution in [0.3, 0.4) is 0 Å². The molecule has 1 fully saturated rings. The monoisotopic (exact) mass is 264 g/mol. The summed E-state index contributed by atoms with van der Waals surface area (Å²) in [6.45, 7) is 6.47. The Balaban J connectivity index is 1.80. The van der Waals surface area contributed by atoms with Crippen molar-refractivity contribution in [2.45, 2.75) is 44.7 Å². The van der Waals surface area contributed by atoms with Crippen molar-refractivity contribution in [1.29, 1.82) is 0 Å². The number of rotatable bonds is 2. The Morgan fingerprint density at radius 2 is 2.05 bits per heavy atom. The third kappa shape index (κ3) is 2.19. The van der Waals surface area contributed by atoms with Crippen LogP contribution in [0.4, 0.5) is 0 Å². The van der Waals surface area contributed by atoms with Crippen molar-refractivity contribution in [3.63, 3.8) is 0 Å². The molecule has 0 radical (unpaired) electrons. The van der Waals surface area contributed by atoms with Crippen molar-refractivity contribution in [3.05, 3.63) is 23.8 Å². The van der Waals surface area contributed by atoms with Crippen molar-refractivity contribution in [2.24, 2.45) is 0 Å². The van der Waals surface area contributed by atoms with Gasteiger partial charge in [0.25, 0.3) is 0 Å². The number of methoxy groups -OCH3 is 1. The maximum atomic E-state index is 6.04. The first-order chi connectivity index (χ1) is 8.92. The Morgan fingerprint density at radius 3 is 2.68 bits per heavy atom. The summed E-state index contributed by atoms with van der Waals surface area (Å²) < 4.78 is 23.0. The van der Waals surface area contributed by atoms with E-state index in [1.54, 1.807) is 7.11 Å². The molecule has 3 rings (SSSR count). The highest BCUT2D eigenvalue weighted by Gasteiger charge is 2.50. The van der Waals surface area contributed by atoms with Crippen molar-refractivity contribution in [3.8, 4) is 11.5 Å². The molecule has 0 aromatic heterocycles. The van der Waals surface area contributed by atoms with Crippen molar-refractivity contribution in [2.75, 3.05) is 13.7 Å². The quantitative estimate of drug-likeness (QED) is 0.822. The minimum atomic E-state index is -0.537. The van der Waals surface area contributed by atoms with E-state index in [1.165, 1.54) is 5.56 Å². The molecule has 0 N–H and O–H groups in total. The molecular formula is C15H20O4. The van der Waals surface area contributed by atoms with Gasteiger partial charge in [0.2, 0.25) is 0 Å². The van der Waals surface area contributed by atoms with E-state index in [4.69, 9.17) is 18.9 Å². The van der Waals surface area contributed by atoms with E-state index in [2.05, 4.69) is 13.0 Å². The highest BCUT2D eigenvalue weighted by atomic mass is 16.8. The normalized spacial score (nSPS) is 31.9. The molecule has 0 amide bonds. The van der Waals surface area contributed by atoms with Gasteiger partial charge in [-0.3, -0.25) is 0 Å². The lowest BCUT2D eigenvalue weighted by atomic mass is 9.96. The molecule has 0 spiro atoms. The predicted molar refractivity (Wildman–Crippen MR) is 70.6 cm³/mol. The Labute approximate surface area is 113 Å². The van der Waals surface area contributed by atoms with E-state index >= 15 is 0 Å². The molecule has 104 valence electrons. The van der Waals surface area contributed by atoms with Gasteiger partial charge in [0.05, 0.1) is 13.7 Å². The Kier molecular flexibility index (Phi) is 2.76. The second-order valence-electron chi connectivity index (χ2n) is 5.89. The lowest BCUT2D eigenvalue weighted by Crippen LogP contribution is -2.45. The second kappa shape index (κ2) is 4.12. The second-order valence-corrected chi connectivity index (χ2v) is 5.89. The van der Waals surface area contributed by atoms with Gasteiger partial charge in [-0.15, -0.1) is 0 Å². The summed E-state index contributed by atoms with van der Waals surface area (Å²) in [5.41, 5.74) is 0.788. The van der Waals surface area contributed by atoms with Crippen LogP contribution in [0.15, 0.2) is 18.2 Å². The first-order valence-electron chi connectivity index (χ1n) is 6.60. The summed E-state index contributed by atoms with van der Waals surface area (Å²) >= 11 is 0. The molecular weight excluding hydrogens is 244 g/mol.